The molecule has 0 radical (unpaired) electrons. The van der Waals surface area contributed by atoms with Crippen molar-refractivity contribution in [1.29, 1.82) is 0 Å². The van der Waals surface area contributed by atoms with Crippen LogP contribution in [0.1, 0.15) is 20.8 Å². The van der Waals surface area contributed by atoms with Gasteiger partial charge in [-0.15, -0.1) is 0 Å². The summed E-state index contributed by atoms with van der Waals surface area (Å²) in [5, 5.41) is 42.9. The van der Waals surface area contributed by atoms with Crippen LogP contribution < -0.4 is 0 Å². The average molecular weight is 349 g/mol. The number of nitrogens with zero attached hydrogens (tertiary/aromatic N) is 3. The summed E-state index contributed by atoms with van der Waals surface area (Å²) in [7, 11) is 0. The minimum atomic E-state index is -4.25. The van der Waals surface area contributed by atoms with E-state index in [0.29, 0.717) is 13.8 Å². The molecule has 0 aromatic heterocycles. The number of aliphatic hydroxyl groups is 4. The van der Waals surface area contributed by atoms with Gasteiger partial charge in [0, 0.05) is 4.91 Å². The van der Waals surface area contributed by atoms with Gasteiger partial charge in [-0.1, -0.05) is 5.11 Å². The Hall–Kier alpha value is -1.95. The van der Waals surface area contributed by atoms with Crippen molar-refractivity contribution in [2.75, 3.05) is 0 Å². The van der Waals surface area contributed by atoms with Crippen molar-refractivity contribution in [1.82, 2.24) is 0 Å². The van der Waals surface area contributed by atoms with E-state index < -0.39 is 52.8 Å². The van der Waals surface area contributed by atoms with E-state index in [1.165, 1.54) is 0 Å². The molecule has 0 amide bonds. The second-order valence-corrected chi connectivity index (χ2v) is 5.41. The van der Waals surface area contributed by atoms with Gasteiger partial charge in [0.25, 0.3) is 5.85 Å². The van der Waals surface area contributed by atoms with Gasteiger partial charge in [0.2, 0.25) is 5.60 Å². The molecule has 6 atom stereocenters. The van der Waals surface area contributed by atoms with Crippen molar-refractivity contribution in [3.63, 3.8) is 0 Å². The van der Waals surface area contributed by atoms with Crippen LogP contribution in [-0.2, 0) is 19.1 Å². The van der Waals surface area contributed by atoms with Gasteiger partial charge in [0.05, 0.1) is 0 Å². The van der Waals surface area contributed by atoms with E-state index in [1.807, 2.05) is 0 Å². The summed E-state index contributed by atoms with van der Waals surface area (Å²) in [5.41, 5.74) is 0.913. The van der Waals surface area contributed by atoms with Gasteiger partial charge in [-0.05, 0) is 26.3 Å². The van der Waals surface area contributed by atoms with Crippen LogP contribution >= 0.6 is 0 Å². The maximum atomic E-state index is 14.7. The predicted molar refractivity (Wildman–Crippen MR) is 71.8 cm³/mol. The molecule has 24 heavy (non-hydrogen) atoms. The first-order chi connectivity index (χ1) is 10.8. The molecular formula is C12H16FN3O8. The molecule has 1 rings (SSSR count). The highest BCUT2D eigenvalue weighted by Crippen LogP contribution is 2.47. The lowest BCUT2D eigenvalue weighted by Gasteiger charge is -2.54. The molecule has 1 aliphatic rings. The van der Waals surface area contributed by atoms with E-state index in [-0.39, 0.29) is 0 Å². The van der Waals surface area contributed by atoms with Crippen molar-refractivity contribution in [3.8, 4) is 0 Å². The first-order valence-corrected chi connectivity index (χ1v) is 6.59. The topological polar surface area (TPSA) is 190 Å². The van der Waals surface area contributed by atoms with E-state index in [4.69, 9.17) is 5.53 Å². The molecule has 1 saturated heterocycles. The number of ether oxygens (including phenoxy) is 1. The summed E-state index contributed by atoms with van der Waals surface area (Å²) >= 11 is 0. The molecule has 0 aromatic rings. The Morgan fingerprint density at radius 1 is 1.25 bits per heavy atom. The molecular weight excluding hydrogens is 333 g/mol. The number of hydrogen-bond donors (Lipinski definition) is 4. The molecule has 0 saturated carbocycles. The fourth-order valence-electron chi connectivity index (χ4n) is 2.55. The van der Waals surface area contributed by atoms with E-state index in [2.05, 4.69) is 14.8 Å². The number of azide groups is 1. The van der Waals surface area contributed by atoms with E-state index in [0.717, 1.165) is 6.92 Å². The standard InChI is InChI=1S/C12H16FN3O8/c1-4(17)7(20)8-10(21,5(2)18)11(22,6(3)19)12(13,23)9(24-8)15-16-14/h4,8-9,17,21-23H,1-3H3/t4?,8-,9-,10-,11+,12-/m1/s1. The maximum Gasteiger partial charge on any atom is 0.278 e. The molecule has 4 N–H and O–H groups in total. The fourth-order valence-corrected chi connectivity index (χ4v) is 2.55. The van der Waals surface area contributed by atoms with E-state index >= 15 is 0 Å². The van der Waals surface area contributed by atoms with Gasteiger partial charge >= 0.3 is 0 Å². The van der Waals surface area contributed by atoms with Crippen LogP contribution in [0, 0.1) is 0 Å². The van der Waals surface area contributed by atoms with Crippen molar-refractivity contribution in [3.05, 3.63) is 10.4 Å². The molecule has 1 heterocycles. The lowest BCUT2D eigenvalue weighted by molar-refractivity contribution is -0.361. The number of ketones is 3. The van der Waals surface area contributed by atoms with Crippen molar-refractivity contribution in [2.45, 2.75) is 56.3 Å². The summed E-state index contributed by atoms with van der Waals surface area (Å²) in [6.45, 7) is 2.04. The first-order valence-electron chi connectivity index (χ1n) is 6.59. The second-order valence-electron chi connectivity index (χ2n) is 5.41. The Labute approximate surface area is 134 Å². The normalized spacial score (nSPS) is 40.3. The number of hydrogen-bond acceptors (Lipinski definition) is 9. The Kier molecular flexibility index (Phi) is 5.16. The summed E-state index contributed by atoms with van der Waals surface area (Å²) in [6, 6.07) is 0. The molecule has 134 valence electrons. The maximum absolute atomic E-state index is 14.7. The van der Waals surface area contributed by atoms with Gasteiger partial charge < -0.3 is 25.2 Å². The van der Waals surface area contributed by atoms with Crippen LogP contribution in [0.15, 0.2) is 5.11 Å². The molecule has 0 spiro atoms. The van der Waals surface area contributed by atoms with Crippen molar-refractivity contribution < 1.29 is 43.9 Å². The molecule has 1 fully saturated rings. The van der Waals surface area contributed by atoms with E-state index in [1.54, 1.807) is 0 Å². The summed E-state index contributed by atoms with van der Waals surface area (Å²) in [6.07, 6.45) is -7.02. The lowest BCUT2D eigenvalue weighted by atomic mass is 9.66. The molecule has 0 bridgehead atoms. The van der Waals surface area contributed by atoms with Crippen molar-refractivity contribution >= 4 is 17.3 Å². The van der Waals surface area contributed by atoms with E-state index in [9.17, 15) is 39.2 Å². The lowest BCUT2D eigenvalue weighted by Crippen LogP contribution is -2.84. The third kappa shape index (κ3) is 2.40. The summed E-state index contributed by atoms with van der Waals surface area (Å²) in [4.78, 5) is 37.9. The highest BCUT2D eigenvalue weighted by molar-refractivity contribution is 6.04. The van der Waals surface area contributed by atoms with Gasteiger partial charge in [-0.3, -0.25) is 14.4 Å². The van der Waals surface area contributed by atoms with Gasteiger partial charge in [0.15, 0.2) is 35.3 Å². The number of carbonyl (C=O) groups is 3. The largest absolute Gasteiger partial charge is 0.386 e. The summed E-state index contributed by atoms with van der Waals surface area (Å²) < 4.78 is 19.4. The van der Waals surface area contributed by atoms with Gasteiger partial charge in [-0.25, -0.2) is 4.39 Å². The zero-order valence-electron chi connectivity index (χ0n) is 12.9. The Morgan fingerprint density at radius 3 is 2.08 bits per heavy atom. The monoisotopic (exact) mass is 349 g/mol. The number of rotatable bonds is 5. The third-order valence-corrected chi connectivity index (χ3v) is 3.90. The molecule has 1 unspecified atom stereocenters. The number of aliphatic hydroxyl groups excluding tert-OH is 1. The summed E-state index contributed by atoms with van der Waals surface area (Å²) in [5.74, 6) is -8.81. The Bertz CT molecular complexity index is 632. The minimum absolute atomic E-state index is 0.529. The average Bonchev–Trinajstić information content (AvgIpc) is 2.46. The number of carbonyl (C=O) groups excluding carboxylic acids is 3. The van der Waals surface area contributed by atoms with Crippen LogP contribution in [0.25, 0.3) is 10.4 Å². The Balaban J connectivity index is 3.82. The smallest absolute Gasteiger partial charge is 0.278 e. The van der Waals surface area contributed by atoms with Crippen LogP contribution in [0.5, 0.6) is 0 Å². The van der Waals surface area contributed by atoms with Crippen LogP contribution in [0.4, 0.5) is 4.39 Å². The highest BCUT2D eigenvalue weighted by Gasteiger charge is 2.78. The van der Waals surface area contributed by atoms with Crippen molar-refractivity contribution in [2.24, 2.45) is 5.11 Å². The molecule has 1 aliphatic heterocycles. The predicted octanol–water partition coefficient (Wildman–Crippen LogP) is -1.73. The van der Waals surface area contributed by atoms with Gasteiger partial charge in [-0.2, -0.15) is 0 Å². The second kappa shape index (κ2) is 6.16. The number of alkyl halides is 1. The first kappa shape index (κ1) is 20.1. The van der Waals surface area contributed by atoms with Crippen LogP contribution in [0.3, 0.4) is 0 Å². The van der Waals surface area contributed by atoms with Gasteiger partial charge in [0.1, 0.15) is 6.10 Å². The zero-order valence-corrected chi connectivity index (χ0v) is 12.9. The SMILES string of the molecule is CC(=O)[C@@]1(O)[C@@](O)(F)[C@H](N=[N+]=[N-])O[C@H](C(=O)C(C)O)[C@]1(O)C(C)=O. The minimum Gasteiger partial charge on any atom is -0.386 e. The number of halogens is 1. The van der Waals surface area contributed by atoms with Crippen LogP contribution in [0.2, 0.25) is 0 Å². The molecule has 11 nitrogen and oxygen atoms in total. The molecule has 0 aromatic carbocycles. The number of Topliss-reactive ketones (excluding diaryl/α,β-unsaturated/α-hetero) is 3. The molecule has 12 heteroatoms. The Morgan fingerprint density at radius 2 is 1.75 bits per heavy atom. The highest BCUT2D eigenvalue weighted by atomic mass is 19.2. The third-order valence-electron chi connectivity index (χ3n) is 3.90. The fraction of sp³-hybridized carbons (Fsp3) is 0.750. The van der Waals surface area contributed by atoms with Crippen LogP contribution in [-0.4, -0.2) is 73.3 Å². The zero-order chi connectivity index (χ0) is 19.1. The molecule has 0 aliphatic carbocycles. The quantitative estimate of drug-likeness (QED) is 0.255.